The quantitative estimate of drug-likeness (QED) is 0.916. The summed E-state index contributed by atoms with van der Waals surface area (Å²) in [5.41, 5.74) is 1.17. The molecule has 1 saturated heterocycles. The van der Waals surface area contributed by atoms with Gasteiger partial charge in [-0.1, -0.05) is 36.4 Å². The summed E-state index contributed by atoms with van der Waals surface area (Å²) in [6.45, 7) is 4.76. The van der Waals surface area contributed by atoms with Gasteiger partial charge in [0.05, 0.1) is 25.3 Å². The number of morpholine rings is 1. The van der Waals surface area contributed by atoms with Crippen LogP contribution in [0.25, 0.3) is 0 Å². The highest BCUT2D eigenvalue weighted by Gasteiger charge is 2.28. The molecule has 2 atom stereocenters. The predicted molar refractivity (Wildman–Crippen MR) is 92.3 cm³/mol. The molecule has 1 aromatic carbocycles. The number of carbonyl (C=O) groups is 1. The Morgan fingerprint density at radius 2 is 2.17 bits per heavy atom. The Kier molecular flexibility index (Phi) is 5.43. The van der Waals surface area contributed by atoms with E-state index in [1.807, 2.05) is 42.6 Å². The number of rotatable bonds is 5. The summed E-state index contributed by atoms with van der Waals surface area (Å²) in [7, 11) is 0. The Balaban J connectivity index is 1.56. The second kappa shape index (κ2) is 7.73. The average molecular weight is 330 g/mol. The molecule has 2 aromatic rings. The topological polar surface area (TPSA) is 41.6 Å². The zero-order chi connectivity index (χ0) is 16.1. The molecule has 1 aromatic heterocycles. The fraction of sp³-hybridized carbons (Fsp3) is 0.389. The molecular weight excluding hydrogens is 308 g/mol. The second-order valence-corrected chi connectivity index (χ2v) is 6.77. The van der Waals surface area contributed by atoms with E-state index < -0.39 is 0 Å². The van der Waals surface area contributed by atoms with Gasteiger partial charge in [0.2, 0.25) is 5.91 Å². The van der Waals surface area contributed by atoms with Gasteiger partial charge in [0, 0.05) is 18.0 Å². The van der Waals surface area contributed by atoms with Crippen molar-refractivity contribution in [1.29, 1.82) is 0 Å². The first-order chi connectivity index (χ1) is 11.2. The highest BCUT2D eigenvalue weighted by Crippen LogP contribution is 2.23. The van der Waals surface area contributed by atoms with E-state index in [0.717, 1.165) is 13.1 Å². The van der Waals surface area contributed by atoms with Crippen molar-refractivity contribution in [1.82, 2.24) is 10.2 Å². The van der Waals surface area contributed by atoms with Gasteiger partial charge < -0.3 is 10.1 Å². The van der Waals surface area contributed by atoms with Gasteiger partial charge in [0.25, 0.3) is 0 Å². The Morgan fingerprint density at radius 3 is 2.91 bits per heavy atom. The van der Waals surface area contributed by atoms with Gasteiger partial charge in [-0.2, -0.15) is 0 Å². The number of carbonyl (C=O) groups excluding carboxylic acids is 1. The molecule has 23 heavy (non-hydrogen) atoms. The first-order valence-electron chi connectivity index (χ1n) is 7.95. The Morgan fingerprint density at radius 1 is 1.35 bits per heavy atom. The number of ether oxygens (including phenoxy) is 1. The van der Waals surface area contributed by atoms with Crippen molar-refractivity contribution in [2.24, 2.45) is 0 Å². The number of thiophene rings is 1. The van der Waals surface area contributed by atoms with Crippen LogP contribution in [0.5, 0.6) is 0 Å². The molecule has 0 spiro atoms. The van der Waals surface area contributed by atoms with Crippen LogP contribution in [0, 0.1) is 0 Å². The highest BCUT2D eigenvalue weighted by atomic mass is 32.1. The highest BCUT2D eigenvalue weighted by molar-refractivity contribution is 7.09. The SMILES string of the molecule is CC(C(=O)NCc1cccs1)N1CCOC(c2ccccc2)C1. The number of hydrogen-bond donors (Lipinski definition) is 1. The van der Waals surface area contributed by atoms with E-state index in [1.54, 1.807) is 11.3 Å². The Bertz CT molecular complexity index is 615. The van der Waals surface area contributed by atoms with Gasteiger partial charge in [0.15, 0.2) is 0 Å². The van der Waals surface area contributed by atoms with Crippen LogP contribution >= 0.6 is 11.3 Å². The van der Waals surface area contributed by atoms with Gasteiger partial charge in [-0.25, -0.2) is 0 Å². The minimum absolute atomic E-state index is 0.0393. The standard InChI is InChI=1S/C18H22N2O2S/c1-14(18(21)19-12-16-8-5-11-23-16)20-9-10-22-17(13-20)15-6-3-2-4-7-15/h2-8,11,14,17H,9-10,12-13H2,1H3,(H,19,21). The summed E-state index contributed by atoms with van der Waals surface area (Å²) in [5, 5.41) is 5.05. The summed E-state index contributed by atoms with van der Waals surface area (Å²) in [6, 6.07) is 14.1. The number of benzene rings is 1. The van der Waals surface area contributed by atoms with Gasteiger partial charge in [-0.15, -0.1) is 11.3 Å². The Hall–Kier alpha value is -1.69. The lowest BCUT2D eigenvalue weighted by Gasteiger charge is -2.36. The lowest BCUT2D eigenvalue weighted by atomic mass is 10.1. The van der Waals surface area contributed by atoms with Crippen molar-refractivity contribution in [2.45, 2.75) is 25.6 Å². The summed E-state index contributed by atoms with van der Waals surface area (Å²) < 4.78 is 5.87. The van der Waals surface area contributed by atoms with Crippen LogP contribution in [0.15, 0.2) is 47.8 Å². The first kappa shape index (κ1) is 16.2. The molecule has 1 aliphatic rings. The van der Waals surface area contributed by atoms with E-state index >= 15 is 0 Å². The maximum absolute atomic E-state index is 12.4. The third-order valence-corrected chi connectivity index (χ3v) is 5.09. The minimum atomic E-state index is -0.148. The van der Waals surface area contributed by atoms with E-state index in [-0.39, 0.29) is 18.1 Å². The normalized spacial score (nSPS) is 20.1. The zero-order valence-electron chi connectivity index (χ0n) is 13.3. The fourth-order valence-corrected chi connectivity index (χ4v) is 3.44. The molecule has 0 aliphatic carbocycles. The van der Waals surface area contributed by atoms with Crippen LogP contribution in [0.4, 0.5) is 0 Å². The molecule has 1 aliphatic heterocycles. The van der Waals surface area contributed by atoms with Crippen LogP contribution in [0.1, 0.15) is 23.5 Å². The number of nitrogens with one attached hydrogen (secondary N) is 1. The van der Waals surface area contributed by atoms with Crippen LogP contribution in [0.3, 0.4) is 0 Å². The van der Waals surface area contributed by atoms with E-state index in [4.69, 9.17) is 4.74 Å². The molecule has 0 saturated carbocycles. The van der Waals surface area contributed by atoms with Crippen LogP contribution < -0.4 is 5.32 Å². The third-order valence-electron chi connectivity index (χ3n) is 4.21. The molecule has 3 rings (SSSR count). The number of amides is 1. The summed E-state index contributed by atoms with van der Waals surface area (Å²) in [6.07, 6.45) is 0.0393. The molecule has 5 heteroatoms. The molecule has 2 heterocycles. The fourth-order valence-electron chi connectivity index (χ4n) is 2.79. The average Bonchev–Trinajstić information content (AvgIpc) is 3.13. The third kappa shape index (κ3) is 4.19. The van der Waals surface area contributed by atoms with E-state index in [1.165, 1.54) is 10.4 Å². The van der Waals surface area contributed by atoms with Crippen molar-refractivity contribution in [2.75, 3.05) is 19.7 Å². The van der Waals surface area contributed by atoms with Gasteiger partial charge in [0.1, 0.15) is 0 Å². The Labute approximate surface area is 141 Å². The molecule has 4 nitrogen and oxygen atoms in total. The van der Waals surface area contributed by atoms with Crippen molar-refractivity contribution < 1.29 is 9.53 Å². The van der Waals surface area contributed by atoms with Crippen LogP contribution in [0.2, 0.25) is 0 Å². The maximum atomic E-state index is 12.4. The van der Waals surface area contributed by atoms with Crippen molar-refractivity contribution in [3.05, 3.63) is 58.3 Å². The van der Waals surface area contributed by atoms with Gasteiger partial charge in [-0.05, 0) is 23.9 Å². The lowest BCUT2D eigenvalue weighted by Crippen LogP contribution is -2.50. The van der Waals surface area contributed by atoms with Gasteiger partial charge in [-0.3, -0.25) is 9.69 Å². The van der Waals surface area contributed by atoms with E-state index in [0.29, 0.717) is 13.2 Å². The number of nitrogens with zero attached hydrogens (tertiary/aromatic N) is 1. The molecule has 0 bridgehead atoms. The zero-order valence-corrected chi connectivity index (χ0v) is 14.1. The number of hydrogen-bond acceptors (Lipinski definition) is 4. The summed E-state index contributed by atoms with van der Waals surface area (Å²) >= 11 is 1.66. The lowest BCUT2D eigenvalue weighted by molar-refractivity contribution is -0.129. The second-order valence-electron chi connectivity index (χ2n) is 5.74. The van der Waals surface area contributed by atoms with Crippen molar-refractivity contribution in [3.63, 3.8) is 0 Å². The molecule has 0 radical (unpaired) electrons. The molecule has 122 valence electrons. The minimum Gasteiger partial charge on any atom is -0.371 e. The predicted octanol–water partition coefficient (Wildman–Crippen LogP) is 2.83. The molecule has 1 N–H and O–H groups in total. The summed E-state index contributed by atoms with van der Waals surface area (Å²) in [5.74, 6) is 0.0760. The largest absolute Gasteiger partial charge is 0.371 e. The molecule has 2 unspecified atom stereocenters. The van der Waals surface area contributed by atoms with Crippen LogP contribution in [-0.4, -0.2) is 36.5 Å². The summed E-state index contributed by atoms with van der Waals surface area (Å²) in [4.78, 5) is 15.8. The monoisotopic (exact) mass is 330 g/mol. The van der Waals surface area contributed by atoms with Crippen LogP contribution in [-0.2, 0) is 16.1 Å². The molecular formula is C18H22N2O2S. The molecule has 1 fully saturated rings. The maximum Gasteiger partial charge on any atom is 0.237 e. The van der Waals surface area contributed by atoms with Crippen molar-refractivity contribution in [3.8, 4) is 0 Å². The smallest absolute Gasteiger partial charge is 0.237 e. The van der Waals surface area contributed by atoms with E-state index in [9.17, 15) is 4.79 Å². The van der Waals surface area contributed by atoms with Gasteiger partial charge >= 0.3 is 0 Å². The van der Waals surface area contributed by atoms with Crippen molar-refractivity contribution >= 4 is 17.2 Å². The first-order valence-corrected chi connectivity index (χ1v) is 8.82. The van der Waals surface area contributed by atoms with E-state index in [2.05, 4.69) is 22.3 Å². The molecule has 1 amide bonds.